The monoisotopic (exact) mass is 306 g/mol. The van der Waals surface area contributed by atoms with Gasteiger partial charge in [0.1, 0.15) is 0 Å². The summed E-state index contributed by atoms with van der Waals surface area (Å²) in [6, 6.07) is 8.29. The maximum atomic E-state index is 6.28. The number of fused-ring (bicyclic) bond motifs is 2. The van der Waals surface area contributed by atoms with Crippen LogP contribution in [-0.2, 0) is 0 Å². The van der Waals surface area contributed by atoms with Gasteiger partial charge in [-0.1, -0.05) is 48.3 Å². The molecule has 20 heavy (non-hydrogen) atoms. The predicted molar refractivity (Wildman–Crippen MR) is 81.7 cm³/mol. The molecule has 0 amide bonds. The van der Waals surface area contributed by atoms with Crippen molar-refractivity contribution in [3.8, 4) is 11.4 Å². The van der Waals surface area contributed by atoms with Gasteiger partial charge in [0, 0.05) is 10.8 Å². The predicted octanol–water partition coefficient (Wildman–Crippen LogP) is 3.56. The minimum absolute atomic E-state index is 0.512. The third kappa shape index (κ3) is 2.00. The van der Waals surface area contributed by atoms with Crippen LogP contribution >= 0.6 is 23.4 Å². The Morgan fingerprint density at radius 1 is 1.20 bits per heavy atom. The number of aromatic nitrogens is 3. The van der Waals surface area contributed by atoms with Gasteiger partial charge in [0.2, 0.25) is 5.16 Å². The lowest BCUT2D eigenvalue weighted by Crippen LogP contribution is -2.43. The molecule has 104 valence electrons. The van der Waals surface area contributed by atoms with E-state index in [0.717, 1.165) is 16.5 Å². The van der Waals surface area contributed by atoms with E-state index in [2.05, 4.69) is 15.6 Å². The molecule has 2 aromatic rings. The average molecular weight is 307 g/mol. The third-order valence-electron chi connectivity index (χ3n) is 4.00. The summed E-state index contributed by atoms with van der Waals surface area (Å²) in [4.78, 5) is 0. The van der Waals surface area contributed by atoms with Gasteiger partial charge in [-0.15, -0.1) is 10.2 Å². The second kappa shape index (κ2) is 4.97. The fraction of sp³-hybridized carbons (Fsp3) is 0.429. The minimum atomic E-state index is 0.512. The van der Waals surface area contributed by atoms with Crippen molar-refractivity contribution in [2.75, 3.05) is 5.43 Å². The molecule has 1 aromatic heterocycles. The second-order valence-electron chi connectivity index (χ2n) is 5.30. The van der Waals surface area contributed by atoms with E-state index in [1.165, 1.54) is 25.7 Å². The van der Waals surface area contributed by atoms with Crippen molar-refractivity contribution in [3.05, 3.63) is 29.3 Å². The third-order valence-corrected chi connectivity index (χ3v) is 5.67. The molecule has 0 saturated heterocycles. The van der Waals surface area contributed by atoms with Crippen LogP contribution in [0, 0.1) is 0 Å². The molecular weight excluding hydrogens is 292 g/mol. The van der Waals surface area contributed by atoms with E-state index in [9.17, 15) is 0 Å². The second-order valence-corrected chi connectivity index (χ2v) is 6.91. The number of halogens is 1. The summed E-state index contributed by atoms with van der Waals surface area (Å²) in [5.74, 6) is 0.808. The van der Waals surface area contributed by atoms with E-state index in [1.807, 2.05) is 40.7 Å². The first-order valence-electron chi connectivity index (χ1n) is 6.96. The molecule has 6 heteroatoms. The highest BCUT2D eigenvalue weighted by Gasteiger charge is 2.33. The molecular formula is C14H15ClN4S. The lowest BCUT2D eigenvalue weighted by molar-refractivity contribution is 0.432. The number of thioether (sulfide) groups is 1. The Labute approximate surface area is 126 Å². The van der Waals surface area contributed by atoms with Gasteiger partial charge < -0.3 is 5.43 Å². The topological polar surface area (TPSA) is 42.7 Å². The molecule has 0 radical (unpaired) electrons. The number of nitrogens with zero attached hydrogens (tertiary/aromatic N) is 3. The quantitative estimate of drug-likeness (QED) is 0.875. The molecule has 2 heterocycles. The first kappa shape index (κ1) is 12.5. The van der Waals surface area contributed by atoms with Crippen molar-refractivity contribution >= 4 is 23.4 Å². The van der Waals surface area contributed by atoms with E-state index in [4.69, 9.17) is 11.6 Å². The minimum Gasteiger partial charge on any atom is -0.318 e. The smallest absolute Gasteiger partial charge is 0.210 e. The van der Waals surface area contributed by atoms with Gasteiger partial charge in [-0.2, -0.15) is 0 Å². The van der Waals surface area contributed by atoms with Gasteiger partial charge in [-0.3, -0.25) is 0 Å². The molecule has 0 bridgehead atoms. The zero-order valence-corrected chi connectivity index (χ0v) is 12.5. The Morgan fingerprint density at radius 2 is 2.05 bits per heavy atom. The largest absolute Gasteiger partial charge is 0.318 e. The van der Waals surface area contributed by atoms with E-state index < -0.39 is 0 Å². The Bertz CT molecular complexity index is 642. The summed E-state index contributed by atoms with van der Waals surface area (Å²) < 4.78 is 2.01. The summed E-state index contributed by atoms with van der Waals surface area (Å²) in [6.07, 6.45) is 5.10. The number of benzene rings is 1. The van der Waals surface area contributed by atoms with Gasteiger partial charge in [-0.25, -0.2) is 4.68 Å². The fourth-order valence-electron chi connectivity index (χ4n) is 2.97. The first-order chi connectivity index (χ1) is 9.83. The Morgan fingerprint density at radius 3 is 2.95 bits per heavy atom. The normalized spacial score (nSPS) is 24.6. The maximum Gasteiger partial charge on any atom is 0.210 e. The SMILES string of the molecule is Clc1ccccc1-c1nnc2n1NC1CCCCC1S2. The van der Waals surface area contributed by atoms with E-state index in [1.54, 1.807) is 0 Å². The van der Waals surface area contributed by atoms with Crippen LogP contribution < -0.4 is 5.43 Å². The van der Waals surface area contributed by atoms with Crippen molar-refractivity contribution in [3.63, 3.8) is 0 Å². The Hall–Kier alpha value is -1.20. The molecule has 1 aliphatic carbocycles. The number of nitrogens with one attached hydrogen (secondary N) is 1. The van der Waals surface area contributed by atoms with Crippen LogP contribution in [0.1, 0.15) is 25.7 Å². The van der Waals surface area contributed by atoms with Gasteiger partial charge in [-0.05, 0) is 25.0 Å². The Balaban J connectivity index is 1.75. The summed E-state index contributed by atoms with van der Waals surface area (Å²) in [5, 5.41) is 10.9. The fourth-order valence-corrected chi connectivity index (χ4v) is 4.44. The summed E-state index contributed by atoms with van der Waals surface area (Å²) >= 11 is 8.13. The highest BCUT2D eigenvalue weighted by molar-refractivity contribution is 7.99. The van der Waals surface area contributed by atoms with E-state index >= 15 is 0 Å². The van der Waals surface area contributed by atoms with Crippen molar-refractivity contribution in [1.82, 2.24) is 14.9 Å². The van der Waals surface area contributed by atoms with Crippen LogP contribution in [0.15, 0.2) is 29.4 Å². The molecule has 4 nitrogen and oxygen atoms in total. The molecule has 1 fully saturated rings. The number of rotatable bonds is 1. The van der Waals surface area contributed by atoms with Crippen molar-refractivity contribution in [2.45, 2.75) is 42.1 Å². The zero-order valence-electron chi connectivity index (χ0n) is 10.9. The van der Waals surface area contributed by atoms with Gasteiger partial charge in [0.15, 0.2) is 5.82 Å². The van der Waals surface area contributed by atoms with Crippen LogP contribution in [-0.4, -0.2) is 26.2 Å². The highest BCUT2D eigenvalue weighted by Crippen LogP contribution is 2.39. The molecule has 0 spiro atoms. The summed E-state index contributed by atoms with van der Waals surface area (Å²) in [7, 11) is 0. The number of hydrogen-bond acceptors (Lipinski definition) is 4. The van der Waals surface area contributed by atoms with Crippen LogP contribution in [0.2, 0.25) is 5.02 Å². The summed E-state index contributed by atoms with van der Waals surface area (Å²) in [5.41, 5.74) is 4.51. The van der Waals surface area contributed by atoms with Crippen LogP contribution in [0.4, 0.5) is 0 Å². The maximum absolute atomic E-state index is 6.28. The van der Waals surface area contributed by atoms with Crippen molar-refractivity contribution in [2.24, 2.45) is 0 Å². The molecule has 1 saturated carbocycles. The molecule has 2 aliphatic rings. The first-order valence-corrected chi connectivity index (χ1v) is 8.22. The number of hydrogen-bond donors (Lipinski definition) is 1. The average Bonchev–Trinajstić information content (AvgIpc) is 2.88. The van der Waals surface area contributed by atoms with Crippen molar-refractivity contribution < 1.29 is 0 Å². The van der Waals surface area contributed by atoms with Gasteiger partial charge in [0.25, 0.3) is 0 Å². The molecule has 1 N–H and O–H groups in total. The van der Waals surface area contributed by atoms with E-state index in [0.29, 0.717) is 16.3 Å². The van der Waals surface area contributed by atoms with Gasteiger partial charge >= 0.3 is 0 Å². The molecule has 2 unspecified atom stereocenters. The zero-order chi connectivity index (χ0) is 13.5. The van der Waals surface area contributed by atoms with Crippen molar-refractivity contribution in [1.29, 1.82) is 0 Å². The summed E-state index contributed by atoms with van der Waals surface area (Å²) in [6.45, 7) is 0. The lowest BCUT2D eigenvalue weighted by atomic mass is 9.95. The Kier molecular flexibility index (Phi) is 3.11. The van der Waals surface area contributed by atoms with E-state index in [-0.39, 0.29) is 0 Å². The van der Waals surface area contributed by atoms with Crippen LogP contribution in [0.5, 0.6) is 0 Å². The van der Waals surface area contributed by atoms with Gasteiger partial charge in [0.05, 0.1) is 11.1 Å². The molecule has 1 aromatic carbocycles. The van der Waals surface area contributed by atoms with Crippen LogP contribution in [0.25, 0.3) is 11.4 Å². The van der Waals surface area contributed by atoms with Crippen LogP contribution in [0.3, 0.4) is 0 Å². The highest BCUT2D eigenvalue weighted by atomic mass is 35.5. The lowest BCUT2D eigenvalue weighted by Gasteiger charge is -2.36. The molecule has 2 atom stereocenters. The molecule has 1 aliphatic heterocycles. The standard InChI is InChI=1S/C14H15ClN4S/c15-10-6-2-1-5-9(10)13-16-17-14-19(13)18-11-7-3-4-8-12(11)20-14/h1-2,5-6,11-12,18H,3-4,7-8H2. The molecule has 4 rings (SSSR count).